The Morgan fingerprint density at radius 1 is 0.952 bits per heavy atom. The van der Waals surface area contributed by atoms with E-state index in [4.69, 9.17) is 0 Å². The van der Waals surface area contributed by atoms with Gasteiger partial charge in [-0.2, -0.15) is 0 Å². The number of imidazole rings is 1. The molecule has 21 heavy (non-hydrogen) atoms. The summed E-state index contributed by atoms with van der Waals surface area (Å²) in [7, 11) is 0. The van der Waals surface area contributed by atoms with Crippen molar-refractivity contribution in [3.63, 3.8) is 0 Å². The van der Waals surface area contributed by atoms with Crippen LogP contribution in [0.3, 0.4) is 0 Å². The Hall–Kier alpha value is -1.97. The lowest BCUT2D eigenvalue weighted by molar-refractivity contribution is 0.423. The first-order valence-electron chi connectivity index (χ1n) is 7.16. The summed E-state index contributed by atoms with van der Waals surface area (Å²) in [6.07, 6.45) is 1.66. The third-order valence-corrected chi connectivity index (χ3v) is 3.63. The number of H-pyrrole nitrogens is 2. The van der Waals surface area contributed by atoms with E-state index in [0.717, 1.165) is 22.4 Å². The van der Waals surface area contributed by atoms with Gasteiger partial charge in [0.05, 0.1) is 5.69 Å². The minimum Gasteiger partial charge on any atom is -0.507 e. The first kappa shape index (κ1) is 15.4. The molecule has 0 saturated carbocycles. The molecule has 0 bridgehead atoms. The van der Waals surface area contributed by atoms with Gasteiger partial charge in [0, 0.05) is 22.9 Å². The predicted octanol–water partition coefficient (Wildman–Crippen LogP) is 3.67. The van der Waals surface area contributed by atoms with Gasteiger partial charge in [-0.25, -0.2) is 4.79 Å². The number of aromatic hydroxyl groups is 1. The Morgan fingerprint density at radius 3 is 1.76 bits per heavy atom. The van der Waals surface area contributed by atoms with Crippen molar-refractivity contribution in [1.82, 2.24) is 9.97 Å². The molecule has 2 aromatic rings. The SMILES string of the molecule is CC(C)(C)c1cc(-c2c[nH]c(=O)[nH]2)cc(C(C)(C)C)c1O. The number of hydrogen-bond donors (Lipinski definition) is 3. The quantitative estimate of drug-likeness (QED) is 0.749. The van der Waals surface area contributed by atoms with Crippen LogP contribution in [0.4, 0.5) is 0 Å². The normalized spacial score (nSPS) is 12.7. The largest absolute Gasteiger partial charge is 0.507 e. The Kier molecular flexibility index (Phi) is 3.52. The molecule has 1 aromatic carbocycles. The Balaban J connectivity index is 2.77. The van der Waals surface area contributed by atoms with Crippen LogP contribution in [0.15, 0.2) is 23.1 Å². The molecule has 4 heteroatoms. The fourth-order valence-corrected chi connectivity index (χ4v) is 2.42. The van der Waals surface area contributed by atoms with Crippen LogP contribution in [0.25, 0.3) is 11.3 Å². The van der Waals surface area contributed by atoms with Crippen molar-refractivity contribution in [2.24, 2.45) is 0 Å². The second-order valence-corrected chi connectivity index (χ2v) is 7.58. The zero-order valence-corrected chi connectivity index (χ0v) is 13.6. The van der Waals surface area contributed by atoms with Gasteiger partial charge in [-0.3, -0.25) is 0 Å². The number of aromatic nitrogens is 2. The molecule has 1 aromatic heterocycles. The minimum absolute atomic E-state index is 0.184. The number of nitrogens with one attached hydrogen (secondary N) is 2. The van der Waals surface area contributed by atoms with Crippen LogP contribution < -0.4 is 5.69 Å². The Labute approximate surface area is 125 Å². The third-order valence-electron chi connectivity index (χ3n) is 3.63. The highest BCUT2D eigenvalue weighted by Gasteiger charge is 2.26. The van der Waals surface area contributed by atoms with Crippen molar-refractivity contribution in [1.29, 1.82) is 0 Å². The summed E-state index contributed by atoms with van der Waals surface area (Å²) in [6, 6.07) is 3.90. The van der Waals surface area contributed by atoms with Gasteiger partial charge < -0.3 is 15.1 Å². The summed E-state index contributed by atoms with van der Waals surface area (Å²) in [5.74, 6) is 0.344. The molecule has 114 valence electrons. The van der Waals surface area contributed by atoms with Crippen LogP contribution in [0.1, 0.15) is 52.7 Å². The molecule has 0 fully saturated rings. The summed E-state index contributed by atoms with van der Waals surface area (Å²) >= 11 is 0. The van der Waals surface area contributed by atoms with E-state index in [0.29, 0.717) is 5.75 Å². The van der Waals surface area contributed by atoms with Gasteiger partial charge in [0.25, 0.3) is 0 Å². The average Bonchev–Trinajstić information content (AvgIpc) is 2.73. The standard InChI is InChI=1S/C17H24N2O2/c1-16(2,3)11-7-10(13-9-18-15(21)19-13)8-12(14(11)20)17(4,5)6/h7-9,20H,1-6H3,(H2,18,19,21). The fourth-order valence-electron chi connectivity index (χ4n) is 2.42. The van der Waals surface area contributed by atoms with Crippen LogP contribution in [0, 0.1) is 0 Å². The zero-order chi connectivity index (χ0) is 16.0. The number of benzene rings is 1. The Morgan fingerprint density at radius 2 is 1.43 bits per heavy atom. The van der Waals surface area contributed by atoms with Gasteiger partial charge >= 0.3 is 5.69 Å². The summed E-state index contributed by atoms with van der Waals surface area (Å²) in [5.41, 5.74) is 2.80. The van der Waals surface area contributed by atoms with Crippen molar-refractivity contribution in [2.45, 2.75) is 52.4 Å². The van der Waals surface area contributed by atoms with Crippen molar-refractivity contribution >= 4 is 0 Å². The van der Waals surface area contributed by atoms with E-state index in [2.05, 4.69) is 51.5 Å². The molecule has 0 spiro atoms. The number of aromatic amines is 2. The van der Waals surface area contributed by atoms with Crippen LogP contribution in [-0.2, 0) is 10.8 Å². The molecule has 1 heterocycles. The molecule has 0 radical (unpaired) electrons. The second-order valence-electron chi connectivity index (χ2n) is 7.58. The van der Waals surface area contributed by atoms with E-state index in [-0.39, 0.29) is 16.5 Å². The smallest absolute Gasteiger partial charge is 0.323 e. The molecule has 0 amide bonds. The van der Waals surface area contributed by atoms with Gasteiger partial charge in [0.15, 0.2) is 0 Å². The lowest BCUT2D eigenvalue weighted by atomic mass is 9.78. The second kappa shape index (κ2) is 4.79. The first-order valence-corrected chi connectivity index (χ1v) is 7.16. The van der Waals surface area contributed by atoms with Crippen molar-refractivity contribution in [3.05, 3.63) is 39.9 Å². The molecule has 0 unspecified atom stereocenters. The van der Waals surface area contributed by atoms with Crippen molar-refractivity contribution < 1.29 is 5.11 Å². The van der Waals surface area contributed by atoms with Gasteiger partial charge in [-0.05, 0) is 23.0 Å². The maximum atomic E-state index is 11.3. The van der Waals surface area contributed by atoms with E-state index in [1.54, 1.807) is 6.20 Å². The van der Waals surface area contributed by atoms with E-state index in [1.165, 1.54) is 0 Å². The van der Waals surface area contributed by atoms with Crippen molar-refractivity contribution in [3.8, 4) is 17.0 Å². The molecule has 3 N–H and O–H groups in total. The number of phenolic OH excluding ortho intramolecular Hbond substituents is 1. The first-order chi connectivity index (χ1) is 9.50. The van der Waals surface area contributed by atoms with Gasteiger partial charge in [-0.15, -0.1) is 0 Å². The van der Waals surface area contributed by atoms with E-state index in [9.17, 15) is 9.90 Å². The monoisotopic (exact) mass is 288 g/mol. The molecule has 0 saturated heterocycles. The molecule has 0 aliphatic heterocycles. The maximum absolute atomic E-state index is 11.3. The molecule has 0 aliphatic rings. The molecule has 4 nitrogen and oxygen atoms in total. The van der Waals surface area contributed by atoms with Gasteiger partial charge in [0.2, 0.25) is 0 Å². The fraction of sp³-hybridized carbons (Fsp3) is 0.471. The van der Waals surface area contributed by atoms with Gasteiger partial charge in [0.1, 0.15) is 5.75 Å². The van der Waals surface area contributed by atoms with E-state index in [1.807, 2.05) is 12.1 Å². The highest BCUT2D eigenvalue weighted by Crippen LogP contribution is 2.41. The predicted molar refractivity (Wildman–Crippen MR) is 85.9 cm³/mol. The summed E-state index contributed by atoms with van der Waals surface area (Å²) in [5, 5.41) is 10.7. The highest BCUT2D eigenvalue weighted by molar-refractivity contribution is 5.65. The van der Waals surface area contributed by atoms with Crippen LogP contribution in [0.5, 0.6) is 5.75 Å². The number of rotatable bonds is 1. The topological polar surface area (TPSA) is 68.9 Å². The summed E-state index contributed by atoms with van der Waals surface area (Å²) in [6.45, 7) is 12.4. The van der Waals surface area contributed by atoms with Crippen LogP contribution in [0.2, 0.25) is 0 Å². The van der Waals surface area contributed by atoms with Crippen LogP contribution >= 0.6 is 0 Å². The molecule has 0 atom stereocenters. The van der Waals surface area contributed by atoms with Crippen LogP contribution in [-0.4, -0.2) is 15.1 Å². The van der Waals surface area contributed by atoms with E-state index < -0.39 is 0 Å². The van der Waals surface area contributed by atoms with E-state index >= 15 is 0 Å². The molecule has 0 aliphatic carbocycles. The summed E-state index contributed by atoms with van der Waals surface area (Å²) in [4.78, 5) is 16.7. The van der Waals surface area contributed by atoms with Crippen molar-refractivity contribution in [2.75, 3.05) is 0 Å². The number of phenols is 1. The lowest BCUT2D eigenvalue weighted by Crippen LogP contribution is -2.17. The average molecular weight is 288 g/mol. The molecule has 2 rings (SSSR count). The summed E-state index contributed by atoms with van der Waals surface area (Å²) < 4.78 is 0. The minimum atomic E-state index is -0.229. The third kappa shape index (κ3) is 3.04. The Bertz CT molecular complexity index is 674. The maximum Gasteiger partial charge on any atom is 0.323 e. The highest BCUT2D eigenvalue weighted by atomic mass is 16.3. The molecular formula is C17H24N2O2. The zero-order valence-electron chi connectivity index (χ0n) is 13.6. The number of hydrogen-bond acceptors (Lipinski definition) is 2. The van der Waals surface area contributed by atoms with Gasteiger partial charge in [-0.1, -0.05) is 41.5 Å². The lowest BCUT2D eigenvalue weighted by Gasteiger charge is -2.28. The molecular weight excluding hydrogens is 264 g/mol.